The number of nitrogens with two attached hydrogens (primary N) is 3. The number of H-pyrrole nitrogens is 1. The normalized spacial score (nSPS) is 10.5. The van der Waals surface area contributed by atoms with Crippen molar-refractivity contribution < 1.29 is 0 Å². The number of fused-ring (bicyclic) bond motifs is 3. The first-order chi connectivity index (χ1) is 16.9. The van der Waals surface area contributed by atoms with Crippen molar-refractivity contribution in [3.8, 4) is 0 Å². The molecule has 0 aliphatic rings. The maximum Gasteiger partial charge on any atom is 0.0860 e. The quantitative estimate of drug-likeness (QED) is 0.166. The van der Waals surface area contributed by atoms with Crippen molar-refractivity contribution in [3.63, 3.8) is 0 Å². The first-order valence-electron chi connectivity index (χ1n) is 11.1. The van der Waals surface area contributed by atoms with E-state index in [1.807, 2.05) is 63.2 Å². The summed E-state index contributed by atoms with van der Waals surface area (Å²) in [6, 6.07) is 15.4. The highest BCUT2D eigenvalue weighted by Gasteiger charge is 2.10. The second-order valence-electron chi connectivity index (χ2n) is 6.84. The number of aliphatic imine (C=N–C) groups is 2. The summed E-state index contributed by atoms with van der Waals surface area (Å²) in [7, 11) is 1.50. The van der Waals surface area contributed by atoms with Crippen molar-refractivity contribution in [2.24, 2.45) is 27.2 Å². The monoisotopic (exact) mass is 534 g/mol. The molecule has 188 valence electrons. The summed E-state index contributed by atoms with van der Waals surface area (Å²) in [6.07, 6.45) is 3.38. The lowest BCUT2D eigenvalue weighted by molar-refractivity contribution is 0.977. The number of aromatic amines is 1. The van der Waals surface area contributed by atoms with Gasteiger partial charge in [0.1, 0.15) is 0 Å². The Morgan fingerprint density at radius 3 is 2.17 bits per heavy atom. The molecular weight excluding hydrogens is 503 g/mol. The molecule has 0 saturated carbocycles. The molecule has 6 nitrogen and oxygen atoms in total. The Bertz CT molecular complexity index is 1270. The predicted molar refractivity (Wildman–Crippen MR) is 157 cm³/mol. The van der Waals surface area contributed by atoms with Crippen LogP contribution in [-0.4, -0.2) is 31.3 Å². The van der Waals surface area contributed by atoms with Crippen molar-refractivity contribution in [1.29, 1.82) is 0 Å². The molecule has 0 bridgehead atoms. The Hall–Kier alpha value is -2.77. The molecule has 35 heavy (non-hydrogen) atoms. The maximum atomic E-state index is 6.12. The van der Waals surface area contributed by atoms with Crippen molar-refractivity contribution >= 4 is 75.0 Å². The number of nitrogens with one attached hydrogen (secondary N) is 1. The van der Waals surface area contributed by atoms with Crippen molar-refractivity contribution in [3.05, 3.63) is 74.7 Å². The van der Waals surface area contributed by atoms with Crippen molar-refractivity contribution in [2.45, 2.75) is 27.2 Å². The van der Waals surface area contributed by atoms with Gasteiger partial charge in [0, 0.05) is 33.4 Å². The number of rotatable bonds is 4. The van der Waals surface area contributed by atoms with Crippen LogP contribution in [0.2, 0.25) is 15.1 Å². The molecule has 0 spiro atoms. The van der Waals surface area contributed by atoms with Gasteiger partial charge in [0.15, 0.2) is 0 Å². The molecule has 0 unspecified atom stereocenters. The topological polar surface area (TPSA) is 119 Å². The Morgan fingerprint density at radius 2 is 1.57 bits per heavy atom. The highest BCUT2D eigenvalue weighted by Crippen LogP contribution is 2.33. The van der Waals surface area contributed by atoms with Crippen molar-refractivity contribution in [2.75, 3.05) is 13.6 Å². The highest BCUT2D eigenvalue weighted by molar-refractivity contribution is 6.42. The van der Waals surface area contributed by atoms with Crippen molar-refractivity contribution in [1.82, 2.24) is 4.98 Å². The van der Waals surface area contributed by atoms with Crippen LogP contribution < -0.4 is 17.2 Å². The number of nitrogens with zero attached hydrogens (tertiary/aromatic N) is 2. The van der Waals surface area contributed by atoms with Gasteiger partial charge < -0.3 is 22.2 Å². The second-order valence-corrected chi connectivity index (χ2v) is 8.09. The van der Waals surface area contributed by atoms with Gasteiger partial charge in [-0.05, 0) is 74.0 Å². The molecule has 4 aromatic rings. The molecular formula is C26H33Cl3N6. The summed E-state index contributed by atoms with van der Waals surface area (Å²) in [4.78, 5) is 11.7. The molecule has 0 amide bonds. The Kier molecular flexibility index (Phi) is 13.8. The zero-order chi connectivity index (χ0) is 26.4. The minimum absolute atomic E-state index is 0.613. The van der Waals surface area contributed by atoms with E-state index in [-0.39, 0.29) is 0 Å². The summed E-state index contributed by atoms with van der Waals surface area (Å²) >= 11 is 17.5. The first kappa shape index (κ1) is 30.3. The molecule has 7 N–H and O–H groups in total. The van der Waals surface area contributed by atoms with E-state index in [1.54, 1.807) is 6.07 Å². The lowest BCUT2D eigenvalue weighted by atomic mass is 10.1. The van der Waals surface area contributed by atoms with Crippen LogP contribution in [0.1, 0.15) is 25.0 Å². The van der Waals surface area contributed by atoms with Crippen LogP contribution in [0.3, 0.4) is 0 Å². The van der Waals surface area contributed by atoms with Gasteiger partial charge in [-0.25, -0.2) is 4.99 Å². The number of benzene rings is 3. The second kappa shape index (κ2) is 16.0. The van der Waals surface area contributed by atoms with E-state index in [0.29, 0.717) is 21.6 Å². The molecule has 0 atom stereocenters. The average Bonchev–Trinajstić information content (AvgIpc) is 3.23. The minimum atomic E-state index is 0.613. The van der Waals surface area contributed by atoms with E-state index >= 15 is 0 Å². The van der Waals surface area contributed by atoms with Crippen LogP contribution in [0.15, 0.2) is 58.5 Å². The van der Waals surface area contributed by atoms with Gasteiger partial charge in [-0.15, -0.1) is 0 Å². The van der Waals surface area contributed by atoms with Gasteiger partial charge in [0.2, 0.25) is 0 Å². The first-order valence-corrected chi connectivity index (χ1v) is 12.2. The molecule has 0 aliphatic carbocycles. The predicted octanol–water partition coefficient (Wildman–Crippen LogP) is 7.03. The van der Waals surface area contributed by atoms with Crippen LogP contribution in [0.5, 0.6) is 0 Å². The van der Waals surface area contributed by atoms with Gasteiger partial charge in [-0.1, -0.05) is 54.7 Å². The summed E-state index contributed by atoms with van der Waals surface area (Å²) in [5.41, 5.74) is 20.4. The zero-order valence-electron chi connectivity index (χ0n) is 20.4. The van der Waals surface area contributed by atoms with Gasteiger partial charge in [0.05, 0.1) is 28.4 Å². The zero-order valence-corrected chi connectivity index (χ0v) is 22.7. The third-order valence-corrected chi connectivity index (χ3v) is 5.62. The molecule has 1 heterocycles. The highest BCUT2D eigenvalue weighted by atomic mass is 35.5. The molecule has 0 radical (unpaired) electrons. The fourth-order valence-electron chi connectivity index (χ4n) is 3.25. The SMILES string of the molecule is CC.CN.Cc1ccc(Cl)c(Cl)c1.NC=NCCc1cc(N=CN)cc2c1[nH]c1ccc(Cl)cc12. The average molecular weight is 536 g/mol. The number of hydrogen-bond donors (Lipinski definition) is 4. The van der Waals surface area contributed by atoms with E-state index in [1.165, 1.54) is 19.7 Å². The Morgan fingerprint density at radius 1 is 0.857 bits per heavy atom. The van der Waals surface area contributed by atoms with Gasteiger partial charge >= 0.3 is 0 Å². The third-order valence-electron chi connectivity index (χ3n) is 4.65. The summed E-state index contributed by atoms with van der Waals surface area (Å²) in [6.45, 7) is 6.60. The van der Waals surface area contributed by atoms with Crippen LogP contribution in [0.4, 0.5) is 5.69 Å². The molecule has 1 aromatic heterocycles. The van der Waals surface area contributed by atoms with E-state index < -0.39 is 0 Å². The number of aromatic nitrogens is 1. The van der Waals surface area contributed by atoms with Gasteiger partial charge in [0.25, 0.3) is 0 Å². The molecule has 9 heteroatoms. The smallest absolute Gasteiger partial charge is 0.0860 e. The Labute approximate surface area is 222 Å². The van der Waals surface area contributed by atoms with E-state index in [0.717, 1.165) is 45.0 Å². The van der Waals surface area contributed by atoms with Gasteiger partial charge in [-0.3, -0.25) is 4.99 Å². The van der Waals surface area contributed by atoms with E-state index in [4.69, 9.17) is 46.3 Å². The molecule has 0 saturated heterocycles. The van der Waals surface area contributed by atoms with Crippen LogP contribution in [0.25, 0.3) is 21.8 Å². The fraction of sp³-hybridized carbons (Fsp3) is 0.231. The summed E-state index contributed by atoms with van der Waals surface area (Å²) in [5.74, 6) is 0. The van der Waals surface area contributed by atoms with E-state index in [2.05, 4.69) is 20.7 Å². The van der Waals surface area contributed by atoms with Crippen LogP contribution in [-0.2, 0) is 6.42 Å². The Balaban J connectivity index is 0.000000394. The summed E-state index contributed by atoms with van der Waals surface area (Å²) < 4.78 is 0. The van der Waals surface area contributed by atoms with Gasteiger partial charge in [-0.2, -0.15) is 0 Å². The molecule has 3 aromatic carbocycles. The third kappa shape index (κ3) is 8.75. The molecule has 0 aliphatic heterocycles. The minimum Gasteiger partial charge on any atom is -0.390 e. The van der Waals surface area contributed by atoms with Crippen LogP contribution >= 0.6 is 34.8 Å². The largest absolute Gasteiger partial charge is 0.390 e. The number of hydrogen-bond acceptors (Lipinski definition) is 3. The number of halogens is 3. The standard InChI is InChI=1S/C16H16ClN5.C7H6Cl2.C2H6.CH5N/c17-11-1-2-15-13(6-11)14-7-12(21-9-19)5-10(16(14)22-15)3-4-20-8-18;1-5-2-3-6(8)7(9)4-5;2*1-2/h1-2,5-9,22H,3-4H2,(H2,18,20)(H2,19,21);2-4H,1H3;1-2H3;2H2,1H3. The lowest BCUT2D eigenvalue weighted by Crippen LogP contribution is -1.95. The summed E-state index contributed by atoms with van der Waals surface area (Å²) in [5, 5.41) is 4.09. The maximum absolute atomic E-state index is 6.12. The lowest BCUT2D eigenvalue weighted by Gasteiger charge is -2.04. The fourth-order valence-corrected chi connectivity index (χ4v) is 3.77. The molecule has 0 fully saturated rings. The van der Waals surface area contributed by atoms with Crippen LogP contribution in [0, 0.1) is 6.92 Å². The molecule has 4 rings (SSSR count). The van der Waals surface area contributed by atoms with E-state index in [9.17, 15) is 0 Å². The number of aryl methyl sites for hydroxylation is 1.